The Hall–Kier alpha value is -2.45. The van der Waals surface area contributed by atoms with Gasteiger partial charge in [0.2, 0.25) is 0 Å². The Kier molecular flexibility index (Phi) is 5.87. The van der Waals surface area contributed by atoms with Gasteiger partial charge >= 0.3 is 0 Å². The van der Waals surface area contributed by atoms with E-state index in [1.165, 1.54) is 0 Å². The fraction of sp³-hybridized carbons (Fsp3) is 0.350. The van der Waals surface area contributed by atoms with Crippen LogP contribution in [0.1, 0.15) is 28.2 Å². The number of nitrogens with zero attached hydrogens (tertiary/aromatic N) is 4. The molecule has 0 aliphatic carbocycles. The number of carbonyl (C=O) groups excluding carboxylic acids is 1. The molecule has 8 heteroatoms. The van der Waals surface area contributed by atoms with Gasteiger partial charge in [0, 0.05) is 42.5 Å². The smallest absolute Gasteiger partial charge is 0.254 e. The second-order valence-corrected chi connectivity index (χ2v) is 8.26. The van der Waals surface area contributed by atoms with E-state index in [1.807, 2.05) is 41.5 Å². The lowest BCUT2D eigenvalue weighted by Gasteiger charge is -2.22. The van der Waals surface area contributed by atoms with Gasteiger partial charge in [-0.05, 0) is 31.5 Å². The van der Waals surface area contributed by atoms with Crippen LogP contribution in [0.2, 0.25) is 0 Å². The summed E-state index contributed by atoms with van der Waals surface area (Å²) in [6.45, 7) is 5.60. The van der Waals surface area contributed by atoms with Crippen LogP contribution in [0, 0.1) is 6.92 Å². The molecule has 0 saturated carbocycles. The highest BCUT2D eigenvalue weighted by Gasteiger charge is 2.22. The van der Waals surface area contributed by atoms with Crippen molar-refractivity contribution >= 4 is 33.7 Å². The third-order valence-electron chi connectivity index (χ3n) is 4.61. The maximum atomic E-state index is 13.0. The monoisotopic (exact) mass is 414 g/mol. The van der Waals surface area contributed by atoms with E-state index in [4.69, 9.17) is 4.74 Å². The summed E-state index contributed by atoms with van der Waals surface area (Å²) in [5.41, 5.74) is 4.39. The van der Waals surface area contributed by atoms with E-state index in [-0.39, 0.29) is 5.91 Å². The highest BCUT2D eigenvalue weighted by Crippen LogP contribution is 2.22. The lowest BCUT2D eigenvalue weighted by atomic mass is 10.2. The van der Waals surface area contributed by atoms with Crippen molar-refractivity contribution < 1.29 is 9.53 Å². The van der Waals surface area contributed by atoms with Gasteiger partial charge in [-0.2, -0.15) is 0 Å². The lowest BCUT2D eigenvalue weighted by molar-refractivity contribution is 0.0766. The third kappa shape index (κ3) is 4.51. The summed E-state index contributed by atoms with van der Waals surface area (Å²) in [5.74, 6) is 0.741. The van der Waals surface area contributed by atoms with Gasteiger partial charge in [-0.15, -0.1) is 22.7 Å². The molecule has 0 unspecified atom stereocenters. The molecule has 3 aromatic rings. The molecule has 1 aliphatic rings. The van der Waals surface area contributed by atoms with E-state index < -0.39 is 0 Å². The van der Waals surface area contributed by atoms with Gasteiger partial charge in [0.1, 0.15) is 12.4 Å². The maximum absolute atomic E-state index is 13.0. The molecule has 0 bridgehead atoms. The number of rotatable bonds is 5. The SMILES string of the molecule is Cc1csc(N2CCCN(C(=O)c3cccc(OCc4cscn4)c3)CC2)n1. The molecular formula is C20H22N4O2S2. The molecule has 146 valence electrons. The Morgan fingerprint density at radius 3 is 2.93 bits per heavy atom. The normalized spacial score (nSPS) is 14.8. The Morgan fingerprint density at radius 2 is 2.14 bits per heavy atom. The number of ether oxygens (including phenoxy) is 1. The molecule has 1 fully saturated rings. The topological polar surface area (TPSA) is 58.6 Å². The number of aryl methyl sites for hydroxylation is 1. The Labute approximate surface area is 172 Å². The summed E-state index contributed by atoms with van der Waals surface area (Å²) in [5, 5.41) is 5.08. The van der Waals surface area contributed by atoms with Gasteiger partial charge in [0.25, 0.3) is 5.91 Å². The molecule has 1 aliphatic heterocycles. The van der Waals surface area contributed by atoms with Crippen molar-refractivity contribution in [2.24, 2.45) is 0 Å². The minimum atomic E-state index is 0.0521. The van der Waals surface area contributed by atoms with E-state index in [0.29, 0.717) is 24.5 Å². The van der Waals surface area contributed by atoms with Crippen molar-refractivity contribution in [2.75, 3.05) is 31.1 Å². The second kappa shape index (κ2) is 8.70. The molecule has 28 heavy (non-hydrogen) atoms. The highest BCUT2D eigenvalue weighted by atomic mass is 32.1. The minimum absolute atomic E-state index is 0.0521. The van der Waals surface area contributed by atoms with E-state index in [9.17, 15) is 4.79 Å². The van der Waals surface area contributed by atoms with Crippen molar-refractivity contribution in [2.45, 2.75) is 20.0 Å². The molecule has 1 aromatic carbocycles. The van der Waals surface area contributed by atoms with Crippen LogP contribution in [-0.4, -0.2) is 47.0 Å². The van der Waals surface area contributed by atoms with E-state index >= 15 is 0 Å². The van der Waals surface area contributed by atoms with Gasteiger partial charge in [-0.25, -0.2) is 9.97 Å². The zero-order valence-electron chi connectivity index (χ0n) is 15.7. The quantitative estimate of drug-likeness (QED) is 0.635. The fourth-order valence-electron chi connectivity index (χ4n) is 3.17. The van der Waals surface area contributed by atoms with Crippen LogP contribution in [0.3, 0.4) is 0 Å². The minimum Gasteiger partial charge on any atom is -0.487 e. The van der Waals surface area contributed by atoms with Crippen LogP contribution in [0.4, 0.5) is 5.13 Å². The first-order valence-corrected chi connectivity index (χ1v) is 11.1. The summed E-state index contributed by atoms with van der Waals surface area (Å²) in [6.07, 6.45) is 0.935. The molecule has 0 spiro atoms. The summed E-state index contributed by atoms with van der Waals surface area (Å²) in [6, 6.07) is 7.41. The van der Waals surface area contributed by atoms with Crippen LogP contribution in [-0.2, 0) is 6.61 Å². The zero-order chi connectivity index (χ0) is 19.3. The standard InChI is InChI=1S/C20H22N4O2S2/c1-15-12-28-20(22-15)24-7-3-6-23(8-9-24)19(25)16-4-2-5-18(10-16)26-11-17-13-27-14-21-17/h2,4-5,10,12-14H,3,6-9,11H2,1H3. The second-order valence-electron chi connectivity index (χ2n) is 6.70. The molecular weight excluding hydrogens is 392 g/mol. The number of hydrogen-bond acceptors (Lipinski definition) is 7. The summed E-state index contributed by atoms with van der Waals surface area (Å²) >= 11 is 3.21. The van der Waals surface area contributed by atoms with E-state index in [1.54, 1.807) is 28.2 Å². The van der Waals surface area contributed by atoms with E-state index in [2.05, 4.69) is 20.2 Å². The molecule has 2 aromatic heterocycles. The molecule has 0 N–H and O–H groups in total. The average molecular weight is 415 g/mol. The predicted octanol–water partition coefficient (Wildman–Crippen LogP) is 3.84. The van der Waals surface area contributed by atoms with Crippen molar-refractivity contribution in [1.29, 1.82) is 0 Å². The number of benzene rings is 1. The molecule has 1 saturated heterocycles. The van der Waals surface area contributed by atoms with Crippen molar-refractivity contribution in [3.05, 3.63) is 57.5 Å². The Bertz CT molecular complexity index is 926. The number of anilines is 1. The number of hydrogen-bond donors (Lipinski definition) is 0. The first-order chi connectivity index (χ1) is 13.7. The molecule has 4 rings (SSSR count). The Morgan fingerprint density at radius 1 is 1.21 bits per heavy atom. The van der Waals surface area contributed by atoms with Crippen molar-refractivity contribution in [1.82, 2.24) is 14.9 Å². The molecule has 1 amide bonds. The Balaban J connectivity index is 1.39. The number of thiazole rings is 2. The number of amides is 1. The summed E-state index contributed by atoms with van der Waals surface area (Å²) in [4.78, 5) is 26.0. The molecule has 0 atom stereocenters. The van der Waals surface area contributed by atoms with E-state index in [0.717, 1.165) is 42.6 Å². The van der Waals surface area contributed by atoms with Crippen LogP contribution < -0.4 is 9.64 Å². The molecule has 6 nitrogen and oxygen atoms in total. The van der Waals surface area contributed by atoms with Crippen molar-refractivity contribution in [3.8, 4) is 5.75 Å². The van der Waals surface area contributed by atoms with Gasteiger partial charge in [-0.3, -0.25) is 4.79 Å². The predicted molar refractivity (Wildman–Crippen MR) is 112 cm³/mol. The van der Waals surface area contributed by atoms with Crippen LogP contribution >= 0.6 is 22.7 Å². The summed E-state index contributed by atoms with van der Waals surface area (Å²) in [7, 11) is 0. The number of aromatic nitrogens is 2. The highest BCUT2D eigenvalue weighted by molar-refractivity contribution is 7.13. The number of carbonyl (C=O) groups is 1. The van der Waals surface area contributed by atoms with Crippen LogP contribution in [0.15, 0.2) is 40.5 Å². The van der Waals surface area contributed by atoms with Crippen LogP contribution in [0.5, 0.6) is 5.75 Å². The van der Waals surface area contributed by atoms with Gasteiger partial charge < -0.3 is 14.5 Å². The first-order valence-electron chi connectivity index (χ1n) is 9.25. The molecule has 0 radical (unpaired) electrons. The van der Waals surface area contributed by atoms with Crippen molar-refractivity contribution in [3.63, 3.8) is 0 Å². The first kappa shape index (κ1) is 18.9. The van der Waals surface area contributed by atoms with Crippen LogP contribution in [0.25, 0.3) is 0 Å². The van der Waals surface area contributed by atoms with Gasteiger partial charge in [0.05, 0.1) is 16.9 Å². The molecule has 3 heterocycles. The summed E-state index contributed by atoms with van der Waals surface area (Å²) < 4.78 is 5.79. The maximum Gasteiger partial charge on any atom is 0.254 e. The lowest BCUT2D eigenvalue weighted by Crippen LogP contribution is -2.35. The van der Waals surface area contributed by atoms with Gasteiger partial charge in [-0.1, -0.05) is 6.07 Å². The van der Waals surface area contributed by atoms with Gasteiger partial charge in [0.15, 0.2) is 5.13 Å². The third-order valence-corrected chi connectivity index (χ3v) is 6.27. The average Bonchev–Trinajstić information content (AvgIpc) is 3.32. The zero-order valence-corrected chi connectivity index (χ0v) is 17.3. The fourth-order valence-corrected chi connectivity index (χ4v) is 4.57. The largest absolute Gasteiger partial charge is 0.487 e.